The highest BCUT2D eigenvalue weighted by molar-refractivity contribution is 5.37. The van der Waals surface area contributed by atoms with E-state index in [1.807, 2.05) is 0 Å². The molecule has 0 N–H and O–H groups in total. The summed E-state index contributed by atoms with van der Waals surface area (Å²) in [6.45, 7) is 4.15. The van der Waals surface area contributed by atoms with E-state index in [9.17, 15) is 8.78 Å². The summed E-state index contributed by atoms with van der Waals surface area (Å²) in [6.07, 6.45) is 2.03. The Morgan fingerprint density at radius 1 is 1.15 bits per heavy atom. The Labute approximate surface area is 77.0 Å². The molecule has 0 unspecified atom stereocenters. The van der Waals surface area contributed by atoms with E-state index >= 15 is 0 Å². The van der Waals surface area contributed by atoms with E-state index in [4.69, 9.17) is 0 Å². The molecule has 13 heavy (non-hydrogen) atoms. The van der Waals surface area contributed by atoms with Gasteiger partial charge in [0.25, 0.3) is 5.92 Å². The van der Waals surface area contributed by atoms with Crippen LogP contribution in [-0.4, -0.2) is 5.92 Å². The molecule has 0 aromatic rings. The van der Waals surface area contributed by atoms with E-state index in [0.717, 1.165) is 12.8 Å². The SMILES string of the molecule is CC(C)=C1[C@H]2CC[C@@H]1[C@@H]1[C@H]2C1(F)F. The van der Waals surface area contributed by atoms with Crippen LogP contribution in [0.1, 0.15) is 26.7 Å². The summed E-state index contributed by atoms with van der Waals surface area (Å²) >= 11 is 0. The predicted octanol–water partition coefficient (Wildman–Crippen LogP) is 3.24. The first-order valence-electron chi connectivity index (χ1n) is 5.10. The Kier molecular flexibility index (Phi) is 1.22. The van der Waals surface area contributed by atoms with Gasteiger partial charge in [-0.3, -0.25) is 0 Å². The Morgan fingerprint density at radius 3 is 2.00 bits per heavy atom. The molecule has 0 nitrogen and oxygen atoms in total. The van der Waals surface area contributed by atoms with Crippen LogP contribution in [0.2, 0.25) is 0 Å². The van der Waals surface area contributed by atoms with Crippen LogP contribution in [0.5, 0.6) is 0 Å². The number of hydrogen-bond donors (Lipinski definition) is 0. The summed E-state index contributed by atoms with van der Waals surface area (Å²) in [5.74, 6) is -2.34. The van der Waals surface area contributed by atoms with Gasteiger partial charge in [0.1, 0.15) is 0 Å². The zero-order valence-corrected chi connectivity index (χ0v) is 7.98. The Morgan fingerprint density at radius 2 is 1.62 bits per heavy atom. The van der Waals surface area contributed by atoms with Gasteiger partial charge in [-0.15, -0.1) is 0 Å². The van der Waals surface area contributed by atoms with Gasteiger partial charge in [0, 0.05) is 11.8 Å². The third-order valence-corrected chi connectivity index (χ3v) is 4.20. The van der Waals surface area contributed by atoms with Crippen LogP contribution in [0, 0.1) is 23.7 Å². The summed E-state index contributed by atoms with van der Waals surface area (Å²) in [5.41, 5.74) is 2.69. The lowest BCUT2D eigenvalue weighted by atomic mass is 9.94. The lowest BCUT2D eigenvalue weighted by molar-refractivity contribution is 0.0674. The lowest BCUT2D eigenvalue weighted by Crippen LogP contribution is -2.11. The van der Waals surface area contributed by atoms with Crippen molar-refractivity contribution in [2.45, 2.75) is 32.6 Å². The second-order valence-corrected chi connectivity index (χ2v) is 4.97. The van der Waals surface area contributed by atoms with Crippen LogP contribution in [0.3, 0.4) is 0 Å². The zero-order valence-electron chi connectivity index (χ0n) is 7.98. The third kappa shape index (κ3) is 0.718. The molecule has 4 atom stereocenters. The van der Waals surface area contributed by atoms with E-state index in [1.165, 1.54) is 11.1 Å². The number of allylic oxidation sites excluding steroid dienone is 2. The maximum absolute atomic E-state index is 13.2. The molecular weight excluding hydrogens is 170 g/mol. The van der Waals surface area contributed by atoms with Crippen molar-refractivity contribution in [3.8, 4) is 0 Å². The van der Waals surface area contributed by atoms with Crippen molar-refractivity contribution in [3.05, 3.63) is 11.1 Å². The maximum Gasteiger partial charge on any atom is 0.255 e. The fourth-order valence-corrected chi connectivity index (χ4v) is 3.84. The van der Waals surface area contributed by atoms with Crippen molar-refractivity contribution in [3.63, 3.8) is 0 Å². The Balaban J connectivity index is 2.02. The summed E-state index contributed by atoms with van der Waals surface area (Å²) in [5, 5.41) is 0. The quantitative estimate of drug-likeness (QED) is 0.507. The Bertz CT molecular complexity index is 277. The summed E-state index contributed by atoms with van der Waals surface area (Å²) in [7, 11) is 0. The molecule has 3 rings (SSSR count). The fraction of sp³-hybridized carbons (Fsp3) is 0.818. The van der Waals surface area contributed by atoms with E-state index in [2.05, 4.69) is 13.8 Å². The van der Waals surface area contributed by atoms with Gasteiger partial charge in [-0.1, -0.05) is 11.1 Å². The standard InChI is InChI=1S/C11H14F2/c1-5(2)8-6-3-4-7(8)10-9(6)11(10,12)13/h6-7,9-10H,3-4H2,1-2H3/t6-,7+,9+,10-. The molecule has 2 heteroatoms. The number of hydrogen-bond acceptors (Lipinski definition) is 0. The van der Waals surface area contributed by atoms with Gasteiger partial charge >= 0.3 is 0 Å². The normalized spacial score (nSPS) is 49.4. The predicted molar refractivity (Wildman–Crippen MR) is 46.5 cm³/mol. The van der Waals surface area contributed by atoms with Crippen molar-refractivity contribution >= 4 is 0 Å². The van der Waals surface area contributed by atoms with E-state index in [1.54, 1.807) is 0 Å². The molecular formula is C11H14F2. The number of fused-ring (bicyclic) bond motifs is 5. The minimum absolute atomic E-state index is 0.245. The van der Waals surface area contributed by atoms with Crippen LogP contribution in [-0.2, 0) is 0 Å². The average molecular weight is 184 g/mol. The van der Waals surface area contributed by atoms with Crippen LogP contribution >= 0.6 is 0 Å². The Hall–Kier alpha value is -0.400. The second-order valence-electron chi connectivity index (χ2n) is 4.97. The molecule has 0 radical (unpaired) electrons. The minimum Gasteiger partial charge on any atom is -0.206 e. The molecule has 3 aliphatic rings. The second kappa shape index (κ2) is 1.99. The molecule has 0 aliphatic heterocycles. The van der Waals surface area contributed by atoms with Crippen molar-refractivity contribution in [1.29, 1.82) is 0 Å². The monoisotopic (exact) mass is 184 g/mol. The highest BCUT2D eigenvalue weighted by atomic mass is 19.3. The third-order valence-electron chi connectivity index (χ3n) is 4.20. The zero-order chi connectivity index (χ0) is 9.38. The molecule has 3 fully saturated rings. The van der Waals surface area contributed by atoms with Crippen molar-refractivity contribution in [2.75, 3.05) is 0 Å². The molecule has 0 aromatic carbocycles. The van der Waals surface area contributed by atoms with Crippen LogP contribution in [0.15, 0.2) is 11.1 Å². The van der Waals surface area contributed by atoms with Crippen LogP contribution in [0.4, 0.5) is 8.78 Å². The van der Waals surface area contributed by atoms with Gasteiger partial charge in [-0.25, -0.2) is 8.78 Å². The topological polar surface area (TPSA) is 0 Å². The molecule has 0 spiro atoms. The van der Waals surface area contributed by atoms with Crippen LogP contribution < -0.4 is 0 Å². The largest absolute Gasteiger partial charge is 0.255 e. The fourth-order valence-electron chi connectivity index (χ4n) is 3.84. The average Bonchev–Trinajstić information content (AvgIpc) is 2.48. The number of halogens is 2. The molecule has 3 saturated carbocycles. The molecule has 0 amide bonds. The van der Waals surface area contributed by atoms with Gasteiger partial charge < -0.3 is 0 Å². The maximum atomic E-state index is 13.2. The van der Waals surface area contributed by atoms with Gasteiger partial charge in [-0.2, -0.15) is 0 Å². The summed E-state index contributed by atoms with van der Waals surface area (Å²) in [4.78, 5) is 0. The molecule has 72 valence electrons. The van der Waals surface area contributed by atoms with Crippen molar-refractivity contribution < 1.29 is 8.78 Å². The van der Waals surface area contributed by atoms with Crippen LogP contribution in [0.25, 0.3) is 0 Å². The highest BCUT2D eigenvalue weighted by Gasteiger charge is 2.79. The number of alkyl halides is 2. The first kappa shape index (κ1) is 7.95. The molecule has 2 bridgehead atoms. The molecule has 3 aliphatic carbocycles. The highest BCUT2D eigenvalue weighted by Crippen LogP contribution is 2.75. The van der Waals surface area contributed by atoms with E-state index in [0.29, 0.717) is 0 Å². The summed E-state index contributed by atoms with van der Waals surface area (Å²) in [6, 6.07) is 0. The first-order chi connectivity index (χ1) is 6.05. The molecule has 0 heterocycles. The smallest absolute Gasteiger partial charge is 0.206 e. The molecule has 0 aromatic heterocycles. The van der Waals surface area contributed by atoms with E-state index in [-0.39, 0.29) is 23.7 Å². The minimum atomic E-state index is -2.30. The first-order valence-corrected chi connectivity index (χ1v) is 5.10. The number of rotatable bonds is 0. The van der Waals surface area contributed by atoms with Crippen molar-refractivity contribution in [2.24, 2.45) is 23.7 Å². The van der Waals surface area contributed by atoms with Gasteiger partial charge in [0.05, 0.1) is 0 Å². The van der Waals surface area contributed by atoms with Gasteiger partial charge in [0.15, 0.2) is 0 Å². The lowest BCUT2D eigenvalue weighted by Gasteiger charge is -2.14. The summed E-state index contributed by atoms with van der Waals surface area (Å²) < 4.78 is 26.4. The van der Waals surface area contributed by atoms with E-state index < -0.39 is 5.92 Å². The molecule has 0 saturated heterocycles. The van der Waals surface area contributed by atoms with Crippen molar-refractivity contribution in [1.82, 2.24) is 0 Å². The van der Waals surface area contributed by atoms with Gasteiger partial charge in [-0.05, 0) is 38.5 Å². The van der Waals surface area contributed by atoms with Gasteiger partial charge in [0.2, 0.25) is 0 Å².